The fraction of sp³-hybridized carbons (Fsp3) is 0.429. The summed E-state index contributed by atoms with van der Waals surface area (Å²) < 4.78 is 12.0. The number of hydrogen-bond acceptors (Lipinski definition) is 7. The Hall–Kier alpha value is -2.26. The number of imidazole rings is 1. The van der Waals surface area contributed by atoms with E-state index < -0.39 is 0 Å². The van der Waals surface area contributed by atoms with E-state index in [1.54, 1.807) is 19.1 Å². The molecule has 3 rings (SSSR count). The highest BCUT2D eigenvalue weighted by atomic mass is 32.1. The minimum atomic E-state index is -0.0487. The summed E-state index contributed by atoms with van der Waals surface area (Å²) in [6.07, 6.45) is 4.62. The summed E-state index contributed by atoms with van der Waals surface area (Å²) >= 11 is 1.54. The Morgan fingerprint density at radius 2 is 2.35 bits per heavy atom. The van der Waals surface area contributed by atoms with Crippen LogP contribution in [0.25, 0.3) is 4.96 Å². The van der Waals surface area contributed by atoms with Crippen molar-refractivity contribution in [2.75, 3.05) is 20.8 Å². The largest absolute Gasteiger partial charge is 0.384 e. The molecule has 122 valence electrons. The Balaban J connectivity index is 1.56. The van der Waals surface area contributed by atoms with E-state index in [4.69, 9.17) is 9.26 Å². The van der Waals surface area contributed by atoms with Gasteiger partial charge in [-0.25, -0.2) is 4.98 Å². The Bertz CT molecular complexity index is 765. The second kappa shape index (κ2) is 6.88. The number of amides is 1. The van der Waals surface area contributed by atoms with E-state index in [2.05, 4.69) is 15.1 Å². The van der Waals surface area contributed by atoms with Gasteiger partial charge in [-0.3, -0.25) is 9.20 Å². The molecule has 9 heteroatoms. The van der Waals surface area contributed by atoms with E-state index in [0.717, 1.165) is 10.7 Å². The second-order valence-electron chi connectivity index (χ2n) is 5.10. The lowest BCUT2D eigenvalue weighted by Gasteiger charge is -2.13. The van der Waals surface area contributed by atoms with E-state index in [1.807, 2.05) is 22.2 Å². The highest BCUT2D eigenvalue weighted by molar-refractivity contribution is 7.15. The van der Waals surface area contributed by atoms with Gasteiger partial charge < -0.3 is 14.2 Å². The molecule has 1 amide bonds. The number of aromatic nitrogens is 4. The predicted octanol–water partition coefficient (Wildman–Crippen LogP) is 1.17. The van der Waals surface area contributed by atoms with Gasteiger partial charge in [0.2, 0.25) is 11.8 Å². The lowest BCUT2D eigenvalue weighted by atomic mass is 10.3. The Labute approximate surface area is 136 Å². The molecule has 0 saturated carbocycles. The number of nitrogens with zero attached hydrogens (tertiary/aromatic N) is 5. The van der Waals surface area contributed by atoms with Crippen molar-refractivity contribution in [3.05, 3.63) is 35.2 Å². The van der Waals surface area contributed by atoms with Gasteiger partial charge in [-0.15, -0.1) is 11.3 Å². The van der Waals surface area contributed by atoms with Crippen molar-refractivity contribution >= 4 is 22.2 Å². The molecule has 0 aliphatic heterocycles. The van der Waals surface area contributed by atoms with E-state index in [9.17, 15) is 4.79 Å². The summed E-state index contributed by atoms with van der Waals surface area (Å²) in [4.78, 5) is 23.3. The number of rotatable bonds is 7. The number of thiazole rings is 1. The van der Waals surface area contributed by atoms with Gasteiger partial charge in [0.25, 0.3) is 0 Å². The van der Waals surface area contributed by atoms with Crippen LogP contribution in [0.4, 0.5) is 0 Å². The summed E-state index contributed by atoms with van der Waals surface area (Å²) in [6.45, 7) is 0.812. The van der Waals surface area contributed by atoms with Crippen LogP contribution in [0, 0.1) is 0 Å². The lowest BCUT2D eigenvalue weighted by Crippen LogP contribution is -2.28. The smallest absolute Gasteiger partial charge is 0.246 e. The molecule has 0 aliphatic rings. The maximum atomic E-state index is 12.3. The molecule has 0 atom stereocenters. The van der Waals surface area contributed by atoms with Crippen LogP contribution in [0.15, 0.2) is 22.3 Å². The first kappa shape index (κ1) is 15.6. The molecule has 0 bridgehead atoms. The molecule has 0 radical (unpaired) electrons. The maximum Gasteiger partial charge on any atom is 0.246 e. The molecule has 3 aromatic heterocycles. The van der Waals surface area contributed by atoms with Crippen LogP contribution in [0.1, 0.15) is 17.4 Å². The van der Waals surface area contributed by atoms with Gasteiger partial charge in [0, 0.05) is 38.4 Å². The van der Waals surface area contributed by atoms with Gasteiger partial charge in [0.15, 0.2) is 10.8 Å². The Morgan fingerprint density at radius 1 is 1.48 bits per heavy atom. The summed E-state index contributed by atoms with van der Waals surface area (Å²) in [5.74, 6) is 0.946. The van der Waals surface area contributed by atoms with Crippen LogP contribution in [-0.2, 0) is 28.9 Å². The molecular weight excluding hydrogens is 318 g/mol. The quantitative estimate of drug-likeness (QED) is 0.644. The van der Waals surface area contributed by atoms with Crippen LogP contribution < -0.4 is 0 Å². The van der Waals surface area contributed by atoms with Crippen LogP contribution in [0.3, 0.4) is 0 Å². The van der Waals surface area contributed by atoms with Crippen molar-refractivity contribution in [3.63, 3.8) is 0 Å². The van der Waals surface area contributed by atoms with Gasteiger partial charge in [-0.1, -0.05) is 5.16 Å². The summed E-state index contributed by atoms with van der Waals surface area (Å²) in [5, 5.41) is 5.81. The molecule has 0 saturated heterocycles. The first-order valence-electron chi connectivity index (χ1n) is 7.11. The standard InChI is InChI=1S/C14H17N5O3S/c1-18(9-12-16-11(17-22-12)3-5-21-2)13(20)7-10-8-19-4-6-23-14(19)15-10/h4,6,8H,3,5,7,9H2,1-2H3. The molecule has 23 heavy (non-hydrogen) atoms. The van der Waals surface area contributed by atoms with Crippen molar-refractivity contribution in [2.45, 2.75) is 19.4 Å². The molecule has 0 aromatic carbocycles. The molecule has 0 spiro atoms. The van der Waals surface area contributed by atoms with E-state index in [0.29, 0.717) is 24.7 Å². The number of likely N-dealkylation sites (N-methyl/N-ethyl adjacent to an activating group) is 1. The summed E-state index contributed by atoms with van der Waals surface area (Å²) in [6, 6.07) is 0. The molecular formula is C14H17N5O3S. The second-order valence-corrected chi connectivity index (χ2v) is 5.97. The topological polar surface area (TPSA) is 85.8 Å². The fourth-order valence-corrected chi connectivity index (χ4v) is 2.81. The van der Waals surface area contributed by atoms with Gasteiger partial charge in [0.1, 0.15) is 0 Å². The number of carbonyl (C=O) groups is 1. The lowest BCUT2D eigenvalue weighted by molar-refractivity contribution is -0.130. The van der Waals surface area contributed by atoms with Gasteiger partial charge in [0.05, 0.1) is 25.3 Å². The molecule has 0 unspecified atom stereocenters. The monoisotopic (exact) mass is 335 g/mol. The minimum absolute atomic E-state index is 0.0487. The van der Waals surface area contributed by atoms with Crippen LogP contribution in [0.2, 0.25) is 0 Å². The molecule has 0 aliphatic carbocycles. The number of carbonyl (C=O) groups excluding carboxylic acids is 1. The molecule has 3 heterocycles. The summed E-state index contributed by atoms with van der Waals surface area (Å²) in [5.41, 5.74) is 0.750. The molecule has 8 nitrogen and oxygen atoms in total. The number of methoxy groups -OCH3 is 1. The third-order valence-electron chi connectivity index (χ3n) is 3.31. The van der Waals surface area contributed by atoms with Crippen LogP contribution >= 0.6 is 11.3 Å². The normalized spacial score (nSPS) is 11.2. The first-order chi connectivity index (χ1) is 11.2. The van der Waals surface area contributed by atoms with Crippen molar-refractivity contribution in [2.24, 2.45) is 0 Å². The Kier molecular flexibility index (Phi) is 4.68. The van der Waals surface area contributed by atoms with Gasteiger partial charge >= 0.3 is 0 Å². The maximum absolute atomic E-state index is 12.3. The SMILES string of the molecule is COCCc1noc(CN(C)C(=O)Cc2cn3ccsc3n2)n1. The van der Waals surface area contributed by atoms with E-state index in [1.165, 1.54) is 11.3 Å². The molecule has 3 aromatic rings. The minimum Gasteiger partial charge on any atom is -0.384 e. The van der Waals surface area contributed by atoms with Gasteiger partial charge in [-0.05, 0) is 0 Å². The van der Waals surface area contributed by atoms with Crippen LogP contribution in [0.5, 0.6) is 0 Å². The fourth-order valence-electron chi connectivity index (χ4n) is 2.09. The zero-order chi connectivity index (χ0) is 16.2. The van der Waals surface area contributed by atoms with E-state index in [-0.39, 0.29) is 18.9 Å². The highest BCUT2D eigenvalue weighted by Gasteiger charge is 2.16. The van der Waals surface area contributed by atoms with Crippen molar-refractivity contribution in [3.8, 4) is 0 Å². The number of hydrogen-bond donors (Lipinski definition) is 0. The zero-order valence-corrected chi connectivity index (χ0v) is 13.7. The first-order valence-corrected chi connectivity index (χ1v) is 7.99. The van der Waals surface area contributed by atoms with Crippen LogP contribution in [-0.4, -0.2) is 51.1 Å². The van der Waals surface area contributed by atoms with Crippen molar-refractivity contribution < 1.29 is 14.1 Å². The van der Waals surface area contributed by atoms with Crippen molar-refractivity contribution in [1.82, 2.24) is 24.4 Å². The Morgan fingerprint density at radius 3 is 3.13 bits per heavy atom. The number of ether oxygens (including phenoxy) is 1. The van der Waals surface area contributed by atoms with E-state index >= 15 is 0 Å². The predicted molar refractivity (Wildman–Crippen MR) is 83.1 cm³/mol. The third kappa shape index (κ3) is 3.74. The number of fused-ring (bicyclic) bond motifs is 1. The van der Waals surface area contributed by atoms with Gasteiger partial charge in [-0.2, -0.15) is 4.98 Å². The van der Waals surface area contributed by atoms with Crippen molar-refractivity contribution in [1.29, 1.82) is 0 Å². The average molecular weight is 335 g/mol. The average Bonchev–Trinajstić information content (AvgIpc) is 3.21. The molecule has 0 fully saturated rings. The third-order valence-corrected chi connectivity index (χ3v) is 4.08. The zero-order valence-electron chi connectivity index (χ0n) is 12.9. The molecule has 0 N–H and O–H groups in total. The summed E-state index contributed by atoms with van der Waals surface area (Å²) in [7, 11) is 3.33. The highest BCUT2D eigenvalue weighted by Crippen LogP contribution is 2.12.